The molecule has 0 N–H and O–H groups in total. The number of fused-ring (bicyclic) bond motifs is 5. The van der Waals surface area contributed by atoms with Gasteiger partial charge in [-0.2, -0.15) is 0 Å². The van der Waals surface area contributed by atoms with E-state index in [9.17, 15) is 0 Å². The van der Waals surface area contributed by atoms with Gasteiger partial charge in [-0.15, -0.1) is 0 Å². The summed E-state index contributed by atoms with van der Waals surface area (Å²) in [7, 11) is 0. The van der Waals surface area contributed by atoms with Crippen LogP contribution in [0.4, 0.5) is 17.1 Å². The molecule has 2 nitrogen and oxygen atoms in total. The molecule has 0 unspecified atom stereocenters. The molecule has 0 spiro atoms. The molecular weight excluding hydrogens is 571 g/mol. The smallest absolute Gasteiger partial charge is 0.132 e. The van der Waals surface area contributed by atoms with E-state index in [0.29, 0.717) is 0 Å². The van der Waals surface area contributed by atoms with Crippen molar-refractivity contribution in [2.75, 3.05) is 4.90 Å². The largest absolute Gasteiger partial charge is 0.457 e. The number of nitrogens with zero attached hydrogens (tertiary/aromatic N) is 1. The summed E-state index contributed by atoms with van der Waals surface area (Å²) in [6.45, 7) is 0. The first kappa shape index (κ1) is 27.2. The average Bonchev–Trinajstić information content (AvgIpc) is 3.15. The van der Waals surface area contributed by atoms with E-state index in [4.69, 9.17) is 4.74 Å². The predicted octanol–water partition coefficient (Wildman–Crippen LogP) is 12.0. The lowest BCUT2D eigenvalue weighted by atomic mass is 9.63. The van der Waals surface area contributed by atoms with Crippen LogP contribution in [0.15, 0.2) is 188 Å². The van der Waals surface area contributed by atoms with Crippen LogP contribution < -0.4 is 9.64 Å². The number of hydrogen-bond acceptors (Lipinski definition) is 2. The lowest BCUT2D eigenvalue weighted by Crippen LogP contribution is -2.34. The summed E-state index contributed by atoms with van der Waals surface area (Å²) in [5.41, 5.74) is 7.30. The van der Waals surface area contributed by atoms with Crippen molar-refractivity contribution in [1.29, 1.82) is 0 Å². The minimum absolute atomic E-state index is 0.590. The van der Waals surface area contributed by atoms with Crippen molar-refractivity contribution in [3.63, 3.8) is 0 Å². The Morgan fingerprint density at radius 3 is 1.68 bits per heavy atom. The van der Waals surface area contributed by atoms with E-state index in [-0.39, 0.29) is 0 Å². The van der Waals surface area contributed by atoms with Crippen molar-refractivity contribution in [3.05, 3.63) is 210 Å². The number of rotatable bonds is 5. The highest BCUT2D eigenvalue weighted by molar-refractivity contribution is 6.08. The quantitative estimate of drug-likeness (QED) is 0.182. The molecule has 0 saturated heterocycles. The third-order valence-corrected chi connectivity index (χ3v) is 9.55. The second-order valence-corrected chi connectivity index (χ2v) is 12.1. The van der Waals surface area contributed by atoms with Gasteiger partial charge in [-0.05, 0) is 81.2 Å². The van der Waals surface area contributed by atoms with Gasteiger partial charge in [0, 0.05) is 28.2 Å². The molecule has 8 aromatic rings. The highest BCUT2D eigenvalue weighted by atomic mass is 16.5. The molecule has 2 heteroatoms. The van der Waals surface area contributed by atoms with Crippen LogP contribution in [-0.4, -0.2) is 0 Å². The minimum atomic E-state index is -0.590. The third-order valence-electron chi connectivity index (χ3n) is 9.55. The monoisotopic (exact) mass is 601 g/mol. The van der Waals surface area contributed by atoms with Gasteiger partial charge in [0.05, 0.1) is 5.41 Å². The van der Waals surface area contributed by atoms with E-state index in [1.807, 2.05) is 0 Å². The molecule has 0 atom stereocenters. The van der Waals surface area contributed by atoms with Crippen LogP contribution in [-0.2, 0) is 5.41 Å². The van der Waals surface area contributed by atoms with Gasteiger partial charge in [0.25, 0.3) is 0 Å². The summed E-state index contributed by atoms with van der Waals surface area (Å²) in [5, 5.41) is 4.98. The maximum Gasteiger partial charge on any atom is 0.132 e. The molecule has 0 fully saturated rings. The Kier molecular flexibility index (Phi) is 6.39. The summed E-state index contributed by atoms with van der Waals surface area (Å²) < 4.78 is 6.70. The normalized spacial score (nSPS) is 13.0. The molecule has 0 amide bonds. The predicted molar refractivity (Wildman–Crippen MR) is 195 cm³/mol. The lowest BCUT2D eigenvalue weighted by Gasteiger charge is -2.42. The minimum Gasteiger partial charge on any atom is -0.457 e. The highest BCUT2D eigenvalue weighted by Crippen LogP contribution is 2.56. The van der Waals surface area contributed by atoms with Gasteiger partial charge in [-0.1, -0.05) is 140 Å². The van der Waals surface area contributed by atoms with E-state index in [1.165, 1.54) is 32.7 Å². The number of ether oxygens (including phenoxy) is 1. The summed E-state index contributed by atoms with van der Waals surface area (Å²) in [6, 6.07) is 67.3. The number of para-hydroxylation sites is 2. The summed E-state index contributed by atoms with van der Waals surface area (Å²) in [5.74, 6) is 1.74. The lowest BCUT2D eigenvalue weighted by molar-refractivity contribution is 0.434. The molecule has 0 bridgehead atoms. The Morgan fingerprint density at radius 2 is 0.915 bits per heavy atom. The van der Waals surface area contributed by atoms with Crippen molar-refractivity contribution in [1.82, 2.24) is 0 Å². The van der Waals surface area contributed by atoms with Gasteiger partial charge in [0.15, 0.2) is 0 Å². The second kappa shape index (κ2) is 11.0. The molecule has 0 saturated carbocycles. The van der Waals surface area contributed by atoms with Gasteiger partial charge in [0.1, 0.15) is 11.5 Å². The van der Waals surface area contributed by atoms with Crippen molar-refractivity contribution in [2.24, 2.45) is 0 Å². The van der Waals surface area contributed by atoms with Crippen LogP contribution in [0.3, 0.4) is 0 Å². The first-order chi connectivity index (χ1) is 23.3. The first-order valence-electron chi connectivity index (χ1n) is 16.1. The van der Waals surface area contributed by atoms with Crippen LogP contribution in [0.25, 0.3) is 21.5 Å². The van der Waals surface area contributed by atoms with Crippen molar-refractivity contribution >= 4 is 38.6 Å². The van der Waals surface area contributed by atoms with E-state index >= 15 is 0 Å². The van der Waals surface area contributed by atoms with Crippen molar-refractivity contribution < 1.29 is 4.74 Å². The molecule has 0 aliphatic carbocycles. The topological polar surface area (TPSA) is 12.5 Å². The van der Waals surface area contributed by atoms with Gasteiger partial charge < -0.3 is 9.64 Å². The molecule has 8 aromatic carbocycles. The van der Waals surface area contributed by atoms with Gasteiger partial charge in [-0.3, -0.25) is 0 Å². The van der Waals surface area contributed by atoms with Gasteiger partial charge >= 0.3 is 0 Å². The Labute approximate surface area is 274 Å². The Morgan fingerprint density at radius 1 is 0.362 bits per heavy atom. The highest BCUT2D eigenvalue weighted by Gasteiger charge is 2.45. The molecule has 47 heavy (non-hydrogen) atoms. The fraction of sp³-hybridized carbons (Fsp3) is 0.0222. The Hall–Kier alpha value is -6.12. The number of anilines is 3. The average molecular weight is 602 g/mol. The maximum atomic E-state index is 6.70. The van der Waals surface area contributed by atoms with Crippen LogP contribution in [0, 0.1) is 0 Å². The summed E-state index contributed by atoms with van der Waals surface area (Å²) in [6.07, 6.45) is 0. The molecule has 222 valence electrons. The standard InChI is InChI=1S/C45H31NO/c1-4-15-34(16-5-1)45(35-17-6-2-7-18-35)41-22-12-13-23-43(41)47-44-29-27-38(31-42(44)45)46(36-19-8-3-9-20-36)37-26-28-40-33(30-37)25-24-32-14-10-11-21-39(32)40/h1-31H. The zero-order valence-corrected chi connectivity index (χ0v) is 25.8. The van der Waals surface area contributed by atoms with Gasteiger partial charge in [-0.25, -0.2) is 0 Å². The molecule has 0 radical (unpaired) electrons. The second-order valence-electron chi connectivity index (χ2n) is 12.1. The fourth-order valence-corrected chi connectivity index (χ4v) is 7.50. The van der Waals surface area contributed by atoms with Crippen LogP contribution >= 0.6 is 0 Å². The van der Waals surface area contributed by atoms with E-state index in [1.54, 1.807) is 0 Å². The number of benzene rings is 8. The van der Waals surface area contributed by atoms with E-state index < -0.39 is 5.41 Å². The first-order valence-corrected chi connectivity index (χ1v) is 16.1. The number of hydrogen-bond donors (Lipinski definition) is 0. The summed E-state index contributed by atoms with van der Waals surface area (Å²) >= 11 is 0. The zero-order chi connectivity index (χ0) is 31.2. The van der Waals surface area contributed by atoms with Crippen LogP contribution in [0.5, 0.6) is 11.5 Å². The Balaban J connectivity index is 1.31. The van der Waals surface area contributed by atoms with Crippen LogP contribution in [0.1, 0.15) is 22.3 Å². The molecule has 1 aliphatic rings. The molecule has 0 aromatic heterocycles. The molecule has 9 rings (SSSR count). The molecular formula is C45H31NO. The van der Waals surface area contributed by atoms with E-state index in [2.05, 4.69) is 193 Å². The summed E-state index contributed by atoms with van der Waals surface area (Å²) in [4.78, 5) is 2.36. The zero-order valence-electron chi connectivity index (χ0n) is 25.8. The van der Waals surface area contributed by atoms with Crippen LogP contribution in [0.2, 0.25) is 0 Å². The van der Waals surface area contributed by atoms with E-state index in [0.717, 1.165) is 39.7 Å². The van der Waals surface area contributed by atoms with Crippen molar-refractivity contribution in [2.45, 2.75) is 5.41 Å². The SMILES string of the molecule is c1ccc(N(c2ccc3c(c2)C(c2ccccc2)(c2ccccc2)c2ccccc2O3)c2ccc3c(ccc4ccccc43)c2)cc1. The molecule has 1 aliphatic heterocycles. The third kappa shape index (κ3) is 4.34. The molecule has 1 heterocycles. The maximum absolute atomic E-state index is 6.70. The van der Waals surface area contributed by atoms with Crippen molar-refractivity contribution in [3.8, 4) is 11.5 Å². The van der Waals surface area contributed by atoms with Gasteiger partial charge in [0.2, 0.25) is 0 Å². The Bertz CT molecular complexity index is 2340. The fourth-order valence-electron chi connectivity index (χ4n) is 7.50.